The third-order valence-corrected chi connectivity index (χ3v) is 3.99. The number of rotatable bonds is 8. The fraction of sp³-hybridized carbons (Fsp3) is 0.444. The second kappa shape index (κ2) is 10.0. The molecule has 26 heavy (non-hydrogen) atoms. The Hall–Kier alpha value is -2.25. The van der Waals surface area contributed by atoms with Crippen LogP contribution < -0.4 is 20.1 Å². The van der Waals surface area contributed by atoms with E-state index in [0.29, 0.717) is 17.9 Å². The lowest BCUT2D eigenvalue weighted by molar-refractivity contribution is -0.123. The molecular formula is C18H27ClN4O3. The molecule has 2 rings (SSSR count). The van der Waals surface area contributed by atoms with Crippen molar-refractivity contribution in [2.45, 2.75) is 25.4 Å². The summed E-state index contributed by atoms with van der Waals surface area (Å²) < 4.78 is 12.3. The van der Waals surface area contributed by atoms with Gasteiger partial charge in [-0.3, -0.25) is 9.48 Å². The van der Waals surface area contributed by atoms with Crippen LogP contribution in [0, 0.1) is 0 Å². The summed E-state index contributed by atoms with van der Waals surface area (Å²) in [4.78, 5) is 12.6. The van der Waals surface area contributed by atoms with E-state index in [1.807, 2.05) is 38.4 Å². The van der Waals surface area contributed by atoms with E-state index in [-0.39, 0.29) is 24.4 Å². The molecule has 144 valence electrons. The summed E-state index contributed by atoms with van der Waals surface area (Å²) >= 11 is 0. The predicted molar refractivity (Wildman–Crippen MR) is 103 cm³/mol. The molecule has 0 radical (unpaired) electrons. The SMILES string of the molecule is CNC(C(=O)NC(C)Cc1ccc(OC)c(OC)c1)c1cnn(C)c1.Cl. The lowest BCUT2D eigenvalue weighted by Crippen LogP contribution is -2.41. The van der Waals surface area contributed by atoms with Gasteiger partial charge in [-0.05, 0) is 38.1 Å². The van der Waals surface area contributed by atoms with Gasteiger partial charge in [-0.1, -0.05) is 6.07 Å². The average molecular weight is 383 g/mol. The molecule has 0 saturated carbocycles. The molecular weight excluding hydrogens is 356 g/mol. The van der Waals surface area contributed by atoms with Gasteiger partial charge in [0.2, 0.25) is 5.91 Å². The number of amides is 1. The largest absolute Gasteiger partial charge is 0.493 e. The molecule has 1 aromatic heterocycles. The van der Waals surface area contributed by atoms with Crippen LogP contribution in [0.3, 0.4) is 0 Å². The topological polar surface area (TPSA) is 77.4 Å². The fourth-order valence-corrected chi connectivity index (χ4v) is 2.78. The Morgan fingerprint density at radius 3 is 2.50 bits per heavy atom. The maximum atomic E-state index is 12.6. The summed E-state index contributed by atoms with van der Waals surface area (Å²) in [6.07, 6.45) is 4.22. The molecule has 2 N–H and O–H groups in total. The highest BCUT2D eigenvalue weighted by molar-refractivity contribution is 5.85. The number of aromatic nitrogens is 2. The van der Waals surface area contributed by atoms with Crippen LogP contribution in [0.4, 0.5) is 0 Å². The van der Waals surface area contributed by atoms with E-state index in [9.17, 15) is 4.79 Å². The summed E-state index contributed by atoms with van der Waals surface area (Å²) in [6.45, 7) is 1.98. The number of likely N-dealkylation sites (N-methyl/N-ethyl adjacent to an activating group) is 1. The van der Waals surface area contributed by atoms with Crippen LogP contribution in [-0.4, -0.2) is 43.0 Å². The van der Waals surface area contributed by atoms with Gasteiger partial charge in [-0.25, -0.2) is 0 Å². The summed E-state index contributed by atoms with van der Waals surface area (Å²) in [5, 5.41) is 10.2. The highest BCUT2D eigenvalue weighted by Crippen LogP contribution is 2.28. The summed E-state index contributed by atoms with van der Waals surface area (Å²) in [5.74, 6) is 1.29. The van der Waals surface area contributed by atoms with E-state index in [1.165, 1.54) is 0 Å². The van der Waals surface area contributed by atoms with Crippen molar-refractivity contribution in [2.75, 3.05) is 21.3 Å². The van der Waals surface area contributed by atoms with Crippen molar-refractivity contribution in [2.24, 2.45) is 7.05 Å². The number of nitrogens with zero attached hydrogens (tertiary/aromatic N) is 2. The molecule has 2 unspecified atom stereocenters. The highest BCUT2D eigenvalue weighted by atomic mass is 35.5. The van der Waals surface area contributed by atoms with Gasteiger partial charge in [0.1, 0.15) is 6.04 Å². The second-order valence-corrected chi connectivity index (χ2v) is 5.97. The van der Waals surface area contributed by atoms with Crippen molar-refractivity contribution >= 4 is 18.3 Å². The Labute approximate surface area is 160 Å². The van der Waals surface area contributed by atoms with Crippen molar-refractivity contribution in [3.8, 4) is 11.5 Å². The molecule has 1 heterocycles. The molecule has 7 nitrogen and oxygen atoms in total. The average Bonchev–Trinajstić information content (AvgIpc) is 3.01. The molecule has 0 aliphatic rings. The first kappa shape index (κ1) is 21.8. The molecule has 0 fully saturated rings. The van der Waals surface area contributed by atoms with E-state index in [1.54, 1.807) is 32.1 Å². The van der Waals surface area contributed by atoms with Crippen molar-refractivity contribution in [3.63, 3.8) is 0 Å². The van der Waals surface area contributed by atoms with Crippen LogP contribution in [0.2, 0.25) is 0 Å². The Morgan fingerprint density at radius 2 is 1.96 bits per heavy atom. The van der Waals surface area contributed by atoms with Crippen LogP contribution in [0.15, 0.2) is 30.6 Å². The van der Waals surface area contributed by atoms with Crippen LogP contribution >= 0.6 is 12.4 Å². The predicted octanol–water partition coefficient (Wildman–Crippen LogP) is 1.87. The number of aryl methyl sites for hydroxylation is 1. The summed E-state index contributed by atoms with van der Waals surface area (Å²) in [6, 6.07) is 5.31. The number of carbonyl (C=O) groups is 1. The molecule has 1 aromatic carbocycles. The third-order valence-electron chi connectivity index (χ3n) is 3.99. The first-order chi connectivity index (χ1) is 12.0. The highest BCUT2D eigenvalue weighted by Gasteiger charge is 2.21. The zero-order valence-electron chi connectivity index (χ0n) is 15.8. The van der Waals surface area contributed by atoms with Gasteiger partial charge in [-0.2, -0.15) is 5.10 Å². The molecule has 2 atom stereocenters. The first-order valence-electron chi connectivity index (χ1n) is 8.15. The number of benzene rings is 1. The lowest BCUT2D eigenvalue weighted by Gasteiger charge is -2.19. The number of carbonyl (C=O) groups excluding carboxylic acids is 1. The molecule has 2 aromatic rings. The van der Waals surface area contributed by atoms with Gasteiger partial charge in [-0.15, -0.1) is 12.4 Å². The maximum Gasteiger partial charge on any atom is 0.242 e. The standard InChI is InChI=1S/C18H26N4O3.ClH/c1-12(8-13-6-7-15(24-4)16(9-13)25-5)21-18(23)17(19-2)14-10-20-22(3)11-14;/h6-7,9-12,17,19H,8H2,1-5H3,(H,21,23);1H. The number of halogens is 1. The zero-order valence-corrected chi connectivity index (χ0v) is 16.6. The van der Waals surface area contributed by atoms with E-state index < -0.39 is 6.04 Å². The quantitative estimate of drug-likeness (QED) is 0.728. The minimum absolute atomic E-state index is 0. The number of ether oxygens (including phenoxy) is 2. The van der Waals surface area contributed by atoms with E-state index in [0.717, 1.165) is 11.1 Å². The normalized spacial score (nSPS) is 12.7. The summed E-state index contributed by atoms with van der Waals surface area (Å²) in [5.41, 5.74) is 1.90. The lowest BCUT2D eigenvalue weighted by atomic mass is 10.1. The van der Waals surface area contributed by atoms with Gasteiger partial charge in [0.25, 0.3) is 0 Å². The number of hydrogen-bond donors (Lipinski definition) is 2. The molecule has 1 amide bonds. The molecule has 0 aliphatic carbocycles. The van der Waals surface area contributed by atoms with Crippen LogP contribution in [-0.2, 0) is 18.3 Å². The van der Waals surface area contributed by atoms with Crippen LogP contribution in [0.1, 0.15) is 24.1 Å². The van der Waals surface area contributed by atoms with Gasteiger partial charge in [0, 0.05) is 24.8 Å². The Kier molecular flexibility index (Phi) is 8.41. The van der Waals surface area contributed by atoms with Crippen molar-refractivity contribution in [1.29, 1.82) is 0 Å². The first-order valence-corrected chi connectivity index (χ1v) is 8.15. The number of nitrogens with one attached hydrogen (secondary N) is 2. The van der Waals surface area contributed by atoms with Gasteiger partial charge in [0.15, 0.2) is 11.5 Å². The van der Waals surface area contributed by atoms with Crippen LogP contribution in [0.25, 0.3) is 0 Å². The van der Waals surface area contributed by atoms with E-state index in [4.69, 9.17) is 9.47 Å². The molecule has 0 bridgehead atoms. The number of methoxy groups -OCH3 is 2. The molecule has 0 aliphatic heterocycles. The third kappa shape index (κ3) is 5.37. The van der Waals surface area contributed by atoms with E-state index in [2.05, 4.69) is 15.7 Å². The maximum absolute atomic E-state index is 12.6. The van der Waals surface area contributed by atoms with E-state index >= 15 is 0 Å². The van der Waals surface area contributed by atoms with Gasteiger partial charge < -0.3 is 20.1 Å². The molecule has 8 heteroatoms. The van der Waals surface area contributed by atoms with Crippen molar-refractivity contribution in [3.05, 3.63) is 41.7 Å². The van der Waals surface area contributed by atoms with Crippen molar-refractivity contribution in [1.82, 2.24) is 20.4 Å². The van der Waals surface area contributed by atoms with Crippen molar-refractivity contribution < 1.29 is 14.3 Å². The summed E-state index contributed by atoms with van der Waals surface area (Å²) in [7, 11) is 6.80. The zero-order chi connectivity index (χ0) is 18.4. The molecule has 0 saturated heterocycles. The Balaban J connectivity index is 0.00000338. The second-order valence-electron chi connectivity index (χ2n) is 5.97. The number of hydrogen-bond acceptors (Lipinski definition) is 5. The Morgan fingerprint density at radius 1 is 1.27 bits per heavy atom. The van der Waals surface area contributed by atoms with Gasteiger partial charge >= 0.3 is 0 Å². The smallest absolute Gasteiger partial charge is 0.242 e. The minimum Gasteiger partial charge on any atom is -0.493 e. The van der Waals surface area contributed by atoms with Crippen LogP contribution in [0.5, 0.6) is 11.5 Å². The monoisotopic (exact) mass is 382 g/mol. The van der Waals surface area contributed by atoms with Gasteiger partial charge in [0.05, 0.1) is 20.4 Å². The molecule has 0 spiro atoms. The minimum atomic E-state index is -0.429. The Bertz CT molecular complexity index is 720. The fourth-order valence-electron chi connectivity index (χ4n) is 2.78.